The molecule has 1 N–H and O–H groups in total. The first kappa shape index (κ1) is 22.0. The van der Waals surface area contributed by atoms with Crippen LogP contribution in [0.1, 0.15) is 28.9 Å². The summed E-state index contributed by atoms with van der Waals surface area (Å²) in [7, 11) is -1.48. The van der Waals surface area contributed by atoms with Crippen molar-refractivity contribution in [3.63, 3.8) is 0 Å². The van der Waals surface area contributed by atoms with Crippen molar-refractivity contribution in [3.8, 4) is 11.3 Å². The fourth-order valence-corrected chi connectivity index (χ4v) is 5.35. The third-order valence-electron chi connectivity index (χ3n) is 5.56. The highest BCUT2D eigenvalue weighted by molar-refractivity contribution is 7.93. The lowest BCUT2D eigenvalue weighted by Gasteiger charge is -2.19. The lowest BCUT2D eigenvalue weighted by atomic mass is 10.1. The lowest BCUT2D eigenvalue weighted by Crippen LogP contribution is -2.28. The molecule has 1 aliphatic heterocycles. The van der Waals surface area contributed by atoms with Crippen LogP contribution in [0.4, 0.5) is 10.1 Å². The molecule has 1 amide bonds. The Hall–Kier alpha value is -3.20. The molecule has 0 saturated carbocycles. The highest BCUT2D eigenvalue weighted by Crippen LogP contribution is 2.24. The summed E-state index contributed by atoms with van der Waals surface area (Å²) in [4.78, 5) is 14.4. The molecule has 0 atom stereocenters. The lowest BCUT2D eigenvalue weighted by molar-refractivity contribution is 0.0793. The number of aryl methyl sites for hydroxylation is 1. The van der Waals surface area contributed by atoms with E-state index in [-0.39, 0.29) is 17.5 Å². The van der Waals surface area contributed by atoms with Gasteiger partial charge in [0, 0.05) is 37.0 Å². The van der Waals surface area contributed by atoms with E-state index in [1.165, 1.54) is 16.4 Å². The highest BCUT2D eigenvalue weighted by atomic mass is 32.2. The van der Waals surface area contributed by atoms with Crippen LogP contribution in [0, 0.1) is 5.82 Å². The van der Waals surface area contributed by atoms with Crippen molar-refractivity contribution in [1.29, 1.82) is 0 Å². The molecule has 1 aromatic heterocycles. The van der Waals surface area contributed by atoms with E-state index in [0.717, 1.165) is 29.8 Å². The number of carbonyl (C=O) groups is 1. The molecule has 4 rings (SSSR count). The minimum absolute atomic E-state index is 0.113. The van der Waals surface area contributed by atoms with Crippen molar-refractivity contribution < 1.29 is 17.6 Å². The molecule has 7 nitrogen and oxygen atoms in total. The molecular weight excluding hydrogens is 431 g/mol. The zero-order valence-corrected chi connectivity index (χ0v) is 18.6. The molecule has 0 aliphatic carbocycles. The van der Waals surface area contributed by atoms with Gasteiger partial charge in [-0.15, -0.1) is 0 Å². The summed E-state index contributed by atoms with van der Waals surface area (Å²) < 4.78 is 38.6. The molecule has 2 heterocycles. The van der Waals surface area contributed by atoms with Gasteiger partial charge in [-0.3, -0.25) is 14.2 Å². The number of aromatic amines is 1. The molecule has 9 heteroatoms. The summed E-state index contributed by atoms with van der Waals surface area (Å²) in [5, 5.41) is 7.26. The van der Waals surface area contributed by atoms with Gasteiger partial charge >= 0.3 is 0 Å². The van der Waals surface area contributed by atoms with Crippen molar-refractivity contribution in [2.45, 2.75) is 19.3 Å². The van der Waals surface area contributed by atoms with Gasteiger partial charge in [0.25, 0.3) is 5.91 Å². The van der Waals surface area contributed by atoms with Gasteiger partial charge in [-0.2, -0.15) is 5.10 Å². The number of rotatable bonds is 7. The number of nitrogens with one attached hydrogen (secondary N) is 1. The van der Waals surface area contributed by atoms with E-state index in [2.05, 4.69) is 10.2 Å². The van der Waals surface area contributed by atoms with Crippen LogP contribution in [-0.4, -0.2) is 55.3 Å². The fourth-order valence-electron chi connectivity index (χ4n) is 3.79. The second-order valence-electron chi connectivity index (χ2n) is 7.90. The Labute approximate surface area is 186 Å². The topological polar surface area (TPSA) is 86.4 Å². The number of aromatic nitrogens is 2. The van der Waals surface area contributed by atoms with Gasteiger partial charge < -0.3 is 4.90 Å². The monoisotopic (exact) mass is 456 g/mol. The largest absolute Gasteiger partial charge is 0.342 e. The first-order chi connectivity index (χ1) is 15.3. The quantitative estimate of drug-likeness (QED) is 0.590. The normalized spacial score (nSPS) is 15.1. The standard InChI is InChI=1S/C23H25FN4O3S/c1-27(13-2-4-20-16-22(26-25-20)17-5-9-19(24)10-6-17)23(29)18-7-11-21(12-8-18)28-14-3-15-32(28,30)31/h5-12,16H,2-4,13-15H2,1H3,(H,25,26). The van der Waals surface area contributed by atoms with Gasteiger partial charge in [0.1, 0.15) is 5.82 Å². The first-order valence-electron chi connectivity index (χ1n) is 10.5. The van der Waals surface area contributed by atoms with E-state index in [0.29, 0.717) is 30.8 Å². The van der Waals surface area contributed by atoms with E-state index in [4.69, 9.17) is 0 Å². The minimum atomic E-state index is -3.23. The molecule has 0 spiro atoms. The van der Waals surface area contributed by atoms with Gasteiger partial charge in [0.15, 0.2) is 0 Å². The summed E-state index contributed by atoms with van der Waals surface area (Å²) in [6, 6.07) is 14.8. The van der Waals surface area contributed by atoms with Crippen LogP contribution in [0.3, 0.4) is 0 Å². The van der Waals surface area contributed by atoms with Gasteiger partial charge in [0.05, 0.1) is 17.1 Å². The van der Waals surface area contributed by atoms with Gasteiger partial charge in [-0.1, -0.05) is 0 Å². The summed E-state index contributed by atoms with van der Waals surface area (Å²) in [6.07, 6.45) is 2.09. The average molecular weight is 457 g/mol. The first-order valence-corrected chi connectivity index (χ1v) is 12.1. The second kappa shape index (κ2) is 9.12. The van der Waals surface area contributed by atoms with Gasteiger partial charge in [-0.25, -0.2) is 12.8 Å². The third-order valence-corrected chi connectivity index (χ3v) is 7.43. The van der Waals surface area contributed by atoms with E-state index < -0.39 is 10.0 Å². The van der Waals surface area contributed by atoms with Crippen molar-refractivity contribution in [2.24, 2.45) is 0 Å². The number of benzene rings is 2. The Kier molecular flexibility index (Phi) is 6.27. The van der Waals surface area contributed by atoms with E-state index in [1.54, 1.807) is 48.3 Å². The number of sulfonamides is 1. The smallest absolute Gasteiger partial charge is 0.253 e. The predicted molar refractivity (Wildman–Crippen MR) is 121 cm³/mol. The van der Waals surface area contributed by atoms with Crippen molar-refractivity contribution in [2.75, 3.05) is 30.2 Å². The summed E-state index contributed by atoms with van der Waals surface area (Å²) in [6.45, 7) is 1.04. The van der Waals surface area contributed by atoms with Crippen LogP contribution >= 0.6 is 0 Å². The summed E-state index contributed by atoms with van der Waals surface area (Å²) in [5.41, 5.74) is 3.66. The Balaban J connectivity index is 1.30. The molecule has 0 bridgehead atoms. The molecule has 2 aromatic carbocycles. The minimum Gasteiger partial charge on any atom is -0.342 e. The number of amides is 1. The molecule has 1 fully saturated rings. The number of halogens is 1. The molecule has 168 valence electrons. The van der Waals surface area contributed by atoms with Crippen LogP contribution < -0.4 is 4.31 Å². The van der Waals surface area contributed by atoms with Crippen LogP contribution in [0.25, 0.3) is 11.3 Å². The van der Waals surface area contributed by atoms with Crippen LogP contribution in [0.15, 0.2) is 54.6 Å². The average Bonchev–Trinajstić information content (AvgIpc) is 3.39. The number of carbonyl (C=O) groups excluding carboxylic acids is 1. The fraction of sp³-hybridized carbons (Fsp3) is 0.304. The van der Waals surface area contributed by atoms with Gasteiger partial charge in [0.2, 0.25) is 10.0 Å². The van der Waals surface area contributed by atoms with E-state index in [9.17, 15) is 17.6 Å². The third kappa shape index (κ3) is 4.83. The van der Waals surface area contributed by atoms with Crippen LogP contribution in [0.2, 0.25) is 0 Å². The van der Waals surface area contributed by atoms with Gasteiger partial charge in [-0.05, 0) is 73.9 Å². The molecule has 0 radical (unpaired) electrons. The molecule has 1 aliphatic rings. The number of hydrogen-bond donors (Lipinski definition) is 1. The Morgan fingerprint density at radius 2 is 1.88 bits per heavy atom. The van der Waals surface area contributed by atoms with Crippen molar-refractivity contribution >= 4 is 21.6 Å². The van der Waals surface area contributed by atoms with E-state index >= 15 is 0 Å². The maximum absolute atomic E-state index is 13.1. The molecule has 32 heavy (non-hydrogen) atoms. The van der Waals surface area contributed by atoms with Crippen LogP contribution in [0.5, 0.6) is 0 Å². The zero-order chi connectivity index (χ0) is 22.7. The van der Waals surface area contributed by atoms with Crippen molar-refractivity contribution in [1.82, 2.24) is 15.1 Å². The summed E-state index contributed by atoms with van der Waals surface area (Å²) in [5.74, 6) is -0.233. The Morgan fingerprint density at radius 1 is 1.16 bits per heavy atom. The van der Waals surface area contributed by atoms with Crippen molar-refractivity contribution in [3.05, 3.63) is 71.7 Å². The van der Waals surface area contributed by atoms with E-state index in [1.807, 2.05) is 6.07 Å². The zero-order valence-electron chi connectivity index (χ0n) is 17.8. The Morgan fingerprint density at radius 3 is 2.53 bits per heavy atom. The summed E-state index contributed by atoms with van der Waals surface area (Å²) >= 11 is 0. The number of anilines is 1. The number of H-pyrrole nitrogens is 1. The maximum atomic E-state index is 13.1. The highest BCUT2D eigenvalue weighted by Gasteiger charge is 2.28. The SMILES string of the molecule is CN(CCCc1cc(-c2ccc(F)cc2)n[nH]1)C(=O)c1ccc(N2CCCS2(=O)=O)cc1. The Bertz CT molecular complexity index is 1190. The second-order valence-corrected chi connectivity index (χ2v) is 9.92. The molecular formula is C23H25FN4O3S. The maximum Gasteiger partial charge on any atom is 0.253 e. The predicted octanol–water partition coefficient (Wildman–Crippen LogP) is 3.46. The number of nitrogens with zero attached hydrogens (tertiary/aromatic N) is 3. The molecule has 1 saturated heterocycles. The number of hydrogen-bond acceptors (Lipinski definition) is 4. The molecule has 0 unspecified atom stereocenters. The van der Waals surface area contributed by atoms with Crippen LogP contribution in [-0.2, 0) is 16.4 Å². The molecule has 3 aromatic rings.